The maximum Gasteiger partial charge on any atom is 0.254 e. The highest BCUT2D eigenvalue weighted by atomic mass is 32.1. The van der Waals surface area contributed by atoms with Crippen molar-refractivity contribution >= 4 is 23.1 Å². The van der Waals surface area contributed by atoms with Crippen molar-refractivity contribution in [1.82, 2.24) is 9.88 Å². The number of ether oxygens (including phenoxy) is 1. The van der Waals surface area contributed by atoms with Crippen molar-refractivity contribution in [2.45, 2.75) is 18.9 Å². The Morgan fingerprint density at radius 1 is 1.46 bits per heavy atom. The second-order valence-electron chi connectivity index (χ2n) is 6.21. The second-order valence-corrected chi connectivity index (χ2v) is 6.99. The lowest BCUT2D eigenvalue weighted by atomic mass is 10.1. The van der Waals surface area contributed by atoms with E-state index in [1.807, 2.05) is 53.0 Å². The van der Waals surface area contributed by atoms with Crippen LogP contribution in [0.25, 0.3) is 0 Å². The molecule has 0 aromatic carbocycles. The van der Waals surface area contributed by atoms with Gasteiger partial charge in [-0.05, 0) is 42.0 Å². The Morgan fingerprint density at radius 3 is 3.08 bits per heavy atom. The molecule has 1 saturated heterocycles. The Hall–Kier alpha value is -1.92. The van der Waals surface area contributed by atoms with E-state index in [4.69, 9.17) is 4.74 Å². The van der Waals surface area contributed by atoms with Crippen molar-refractivity contribution in [3.63, 3.8) is 0 Å². The molecule has 1 fully saturated rings. The molecule has 1 unspecified atom stereocenters. The van der Waals surface area contributed by atoms with Crippen LogP contribution >= 0.6 is 11.3 Å². The first kappa shape index (κ1) is 16.9. The van der Waals surface area contributed by atoms with E-state index in [2.05, 4.69) is 11.1 Å². The fraction of sp³-hybridized carbons (Fsp3) is 0.444. The summed E-state index contributed by atoms with van der Waals surface area (Å²) in [6.45, 7) is 1.95. The fourth-order valence-electron chi connectivity index (χ4n) is 2.84. The molecular weight excluding hydrogens is 322 g/mol. The molecule has 0 radical (unpaired) electrons. The van der Waals surface area contributed by atoms with Gasteiger partial charge in [-0.2, -0.15) is 11.3 Å². The Bertz CT molecular complexity index is 673. The number of pyridine rings is 1. The summed E-state index contributed by atoms with van der Waals surface area (Å²) in [5.41, 5.74) is 2.03. The molecule has 128 valence electrons. The van der Waals surface area contributed by atoms with Crippen LogP contribution in [0.5, 0.6) is 0 Å². The minimum Gasteiger partial charge on any atom is -0.375 e. The number of thiophene rings is 1. The smallest absolute Gasteiger partial charge is 0.254 e. The van der Waals surface area contributed by atoms with E-state index in [1.165, 1.54) is 5.56 Å². The van der Waals surface area contributed by atoms with Gasteiger partial charge >= 0.3 is 0 Å². The monoisotopic (exact) mass is 345 g/mol. The van der Waals surface area contributed by atoms with Crippen LogP contribution in [0.3, 0.4) is 0 Å². The number of hydrogen-bond acceptors (Lipinski definition) is 5. The number of aryl methyl sites for hydroxylation is 1. The van der Waals surface area contributed by atoms with Gasteiger partial charge in [-0.25, -0.2) is 4.98 Å². The number of carbonyl (C=O) groups excluding carboxylic acids is 1. The number of carbonyl (C=O) groups is 1. The highest BCUT2D eigenvalue weighted by Crippen LogP contribution is 2.17. The fourth-order valence-corrected chi connectivity index (χ4v) is 3.47. The van der Waals surface area contributed by atoms with Gasteiger partial charge in [0.15, 0.2) is 0 Å². The third kappa shape index (κ3) is 4.13. The lowest BCUT2D eigenvalue weighted by Crippen LogP contribution is -2.45. The van der Waals surface area contributed by atoms with Gasteiger partial charge in [0, 0.05) is 38.8 Å². The molecule has 1 amide bonds. The van der Waals surface area contributed by atoms with E-state index in [9.17, 15) is 4.79 Å². The number of nitrogens with zero attached hydrogens (tertiary/aromatic N) is 3. The molecule has 2 aromatic rings. The molecule has 0 bridgehead atoms. The van der Waals surface area contributed by atoms with Crippen molar-refractivity contribution < 1.29 is 9.53 Å². The summed E-state index contributed by atoms with van der Waals surface area (Å²) < 4.78 is 5.86. The van der Waals surface area contributed by atoms with E-state index in [0.717, 1.165) is 24.2 Å². The van der Waals surface area contributed by atoms with E-state index in [1.54, 1.807) is 11.3 Å². The molecule has 3 heterocycles. The molecule has 6 heteroatoms. The molecule has 1 atom stereocenters. The molecule has 0 N–H and O–H groups in total. The van der Waals surface area contributed by atoms with Crippen LogP contribution < -0.4 is 4.90 Å². The number of morpholine rings is 1. The SMILES string of the molecule is CN(C)c1cc(CCC2CN(C(=O)c3ccsc3)CCO2)ccn1. The average molecular weight is 345 g/mol. The number of amides is 1. The maximum absolute atomic E-state index is 12.5. The summed E-state index contributed by atoms with van der Waals surface area (Å²) in [5.74, 6) is 1.08. The van der Waals surface area contributed by atoms with Gasteiger partial charge in [-0.1, -0.05) is 0 Å². The summed E-state index contributed by atoms with van der Waals surface area (Å²) in [7, 11) is 3.98. The van der Waals surface area contributed by atoms with E-state index in [0.29, 0.717) is 19.7 Å². The van der Waals surface area contributed by atoms with Crippen molar-refractivity contribution in [1.29, 1.82) is 0 Å². The molecule has 0 saturated carbocycles. The predicted octanol–water partition coefficient (Wildman–Crippen LogP) is 2.68. The van der Waals surface area contributed by atoms with Crippen LogP contribution in [0.4, 0.5) is 5.82 Å². The minimum absolute atomic E-state index is 0.0947. The van der Waals surface area contributed by atoms with Crippen LogP contribution in [0.15, 0.2) is 35.2 Å². The van der Waals surface area contributed by atoms with Crippen molar-refractivity contribution in [3.05, 3.63) is 46.3 Å². The molecule has 5 nitrogen and oxygen atoms in total. The minimum atomic E-state index is 0.0947. The van der Waals surface area contributed by atoms with Crippen LogP contribution in [0, 0.1) is 0 Å². The van der Waals surface area contributed by atoms with E-state index < -0.39 is 0 Å². The Balaban J connectivity index is 1.56. The number of aromatic nitrogens is 1. The van der Waals surface area contributed by atoms with Gasteiger partial charge < -0.3 is 14.5 Å². The van der Waals surface area contributed by atoms with E-state index in [-0.39, 0.29) is 12.0 Å². The number of rotatable bonds is 5. The topological polar surface area (TPSA) is 45.7 Å². The van der Waals surface area contributed by atoms with Gasteiger partial charge in [-0.15, -0.1) is 0 Å². The number of hydrogen-bond donors (Lipinski definition) is 0. The van der Waals surface area contributed by atoms with Crippen LogP contribution in [0.2, 0.25) is 0 Å². The normalized spacial score (nSPS) is 17.8. The third-order valence-electron chi connectivity index (χ3n) is 4.22. The average Bonchev–Trinajstić information content (AvgIpc) is 3.14. The molecular formula is C18H23N3O2S. The Labute approximate surface area is 146 Å². The zero-order valence-electron chi connectivity index (χ0n) is 14.1. The van der Waals surface area contributed by atoms with Gasteiger partial charge in [0.2, 0.25) is 0 Å². The lowest BCUT2D eigenvalue weighted by molar-refractivity contribution is -0.0245. The molecule has 1 aliphatic rings. The predicted molar refractivity (Wildman–Crippen MR) is 96.8 cm³/mol. The zero-order chi connectivity index (χ0) is 16.9. The van der Waals surface area contributed by atoms with Crippen LogP contribution in [0.1, 0.15) is 22.3 Å². The molecule has 0 spiro atoms. The van der Waals surface area contributed by atoms with Gasteiger partial charge in [0.05, 0.1) is 18.3 Å². The summed E-state index contributed by atoms with van der Waals surface area (Å²) in [6.07, 6.45) is 3.77. The summed E-state index contributed by atoms with van der Waals surface area (Å²) >= 11 is 1.56. The third-order valence-corrected chi connectivity index (χ3v) is 4.90. The first-order chi connectivity index (χ1) is 11.6. The summed E-state index contributed by atoms with van der Waals surface area (Å²) in [5, 5.41) is 3.85. The standard InChI is InChI=1S/C18H23N3O2S/c1-20(2)17-11-14(5-7-19-17)3-4-16-12-21(8-9-23-16)18(22)15-6-10-24-13-15/h5-7,10-11,13,16H,3-4,8-9,12H2,1-2H3. The molecule has 24 heavy (non-hydrogen) atoms. The summed E-state index contributed by atoms with van der Waals surface area (Å²) in [4.78, 5) is 20.7. The first-order valence-electron chi connectivity index (χ1n) is 8.19. The molecule has 3 rings (SSSR count). The number of anilines is 1. The van der Waals surface area contributed by atoms with E-state index >= 15 is 0 Å². The van der Waals surface area contributed by atoms with Crippen molar-refractivity contribution in [3.8, 4) is 0 Å². The van der Waals surface area contributed by atoms with Crippen molar-refractivity contribution in [2.24, 2.45) is 0 Å². The quantitative estimate of drug-likeness (QED) is 0.836. The summed E-state index contributed by atoms with van der Waals surface area (Å²) in [6, 6.07) is 6.04. The highest BCUT2D eigenvalue weighted by molar-refractivity contribution is 7.08. The molecule has 0 aliphatic carbocycles. The van der Waals surface area contributed by atoms with Gasteiger partial charge in [0.1, 0.15) is 5.82 Å². The molecule has 1 aliphatic heterocycles. The maximum atomic E-state index is 12.5. The Kier molecular flexibility index (Phi) is 5.48. The van der Waals surface area contributed by atoms with Gasteiger partial charge in [-0.3, -0.25) is 4.79 Å². The largest absolute Gasteiger partial charge is 0.375 e. The van der Waals surface area contributed by atoms with Gasteiger partial charge in [0.25, 0.3) is 5.91 Å². The Morgan fingerprint density at radius 2 is 2.33 bits per heavy atom. The lowest BCUT2D eigenvalue weighted by Gasteiger charge is -2.33. The zero-order valence-corrected chi connectivity index (χ0v) is 15.0. The van der Waals surface area contributed by atoms with Crippen LogP contribution in [-0.4, -0.2) is 55.7 Å². The second kappa shape index (κ2) is 7.77. The first-order valence-corrected chi connectivity index (χ1v) is 9.13. The van der Waals surface area contributed by atoms with Crippen LogP contribution in [-0.2, 0) is 11.2 Å². The molecule has 2 aromatic heterocycles. The van der Waals surface area contributed by atoms with Crippen molar-refractivity contribution in [2.75, 3.05) is 38.7 Å². The highest BCUT2D eigenvalue weighted by Gasteiger charge is 2.25.